The molecule has 0 bridgehead atoms. The first-order valence-corrected chi connectivity index (χ1v) is 12.6. The summed E-state index contributed by atoms with van der Waals surface area (Å²) in [5.74, 6) is -0.292. The first-order chi connectivity index (χ1) is 15.6. The minimum Gasteiger partial charge on any atom is -0.491 e. The van der Waals surface area contributed by atoms with Crippen LogP contribution in [0.3, 0.4) is 0 Å². The molecule has 1 aromatic rings. The summed E-state index contributed by atoms with van der Waals surface area (Å²) in [4.78, 5) is 0. The van der Waals surface area contributed by atoms with E-state index in [2.05, 4.69) is 6.92 Å². The first-order valence-electron chi connectivity index (χ1n) is 12.6. The summed E-state index contributed by atoms with van der Waals surface area (Å²) in [5, 5.41) is 0. The lowest BCUT2D eigenvalue weighted by Crippen LogP contribution is -2.44. The highest BCUT2D eigenvalue weighted by molar-refractivity contribution is 5.33. The molecule has 2 heterocycles. The Balaban J connectivity index is 1.23. The Morgan fingerprint density at radius 3 is 2.22 bits per heavy atom. The van der Waals surface area contributed by atoms with Crippen LogP contribution in [0.15, 0.2) is 12.1 Å². The van der Waals surface area contributed by atoms with Crippen molar-refractivity contribution in [1.29, 1.82) is 0 Å². The molecule has 3 fully saturated rings. The van der Waals surface area contributed by atoms with Gasteiger partial charge in [-0.15, -0.1) is 0 Å². The van der Waals surface area contributed by atoms with Crippen molar-refractivity contribution in [3.8, 4) is 5.75 Å². The van der Waals surface area contributed by atoms with Crippen LogP contribution in [0.25, 0.3) is 0 Å². The van der Waals surface area contributed by atoms with E-state index in [0.29, 0.717) is 43.1 Å². The Bertz CT molecular complexity index is 719. The number of hydrogen-bond acceptors (Lipinski definition) is 4. The Kier molecular flexibility index (Phi) is 8.41. The number of hydrogen-bond donors (Lipinski definition) is 0. The minimum atomic E-state index is -0.873. The second-order valence-electron chi connectivity index (χ2n) is 9.72. The summed E-state index contributed by atoms with van der Waals surface area (Å²) in [7, 11) is 0. The van der Waals surface area contributed by atoms with Crippen molar-refractivity contribution >= 4 is 0 Å². The Morgan fingerprint density at radius 1 is 0.844 bits per heavy atom. The SMILES string of the molecule is CCCC1CCC(C2COC(C3CCC(c4ccc(OCC)c(F)c4F)CC3)OC2)OC1. The van der Waals surface area contributed by atoms with Crippen molar-refractivity contribution in [3.05, 3.63) is 29.3 Å². The number of ether oxygens (including phenoxy) is 4. The molecule has 1 aliphatic carbocycles. The van der Waals surface area contributed by atoms with Gasteiger partial charge in [0, 0.05) is 18.4 Å². The van der Waals surface area contributed by atoms with Crippen LogP contribution in [0.2, 0.25) is 0 Å². The average Bonchev–Trinajstić information content (AvgIpc) is 2.83. The maximum absolute atomic E-state index is 14.6. The first kappa shape index (κ1) is 23.9. The van der Waals surface area contributed by atoms with Gasteiger partial charge in [-0.05, 0) is 75.3 Å². The molecule has 0 spiro atoms. The molecule has 2 saturated heterocycles. The zero-order chi connectivity index (χ0) is 22.5. The van der Waals surface area contributed by atoms with Crippen LogP contribution in [-0.2, 0) is 14.2 Å². The normalized spacial score (nSPS) is 33.8. The molecule has 0 radical (unpaired) electrons. The van der Waals surface area contributed by atoms with Gasteiger partial charge < -0.3 is 18.9 Å². The zero-order valence-corrected chi connectivity index (χ0v) is 19.5. The number of benzene rings is 1. The lowest BCUT2D eigenvalue weighted by Gasteiger charge is -2.41. The standard InChI is InChI=1S/C26H38F2O4/c1-3-5-17-6-12-22(30-14-17)20-15-31-26(32-16-20)19-9-7-18(8-10-19)21-11-13-23(29-4-2)25(28)24(21)27/h11,13,17-20,22,26H,3-10,12,14-16H2,1-2H3. The van der Waals surface area contributed by atoms with E-state index in [1.165, 1.54) is 19.3 Å². The molecule has 0 amide bonds. The minimum absolute atomic E-state index is 0.0103. The van der Waals surface area contributed by atoms with E-state index in [4.69, 9.17) is 18.9 Å². The van der Waals surface area contributed by atoms with E-state index < -0.39 is 11.6 Å². The van der Waals surface area contributed by atoms with Crippen LogP contribution >= 0.6 is 0 Å². The van der Waals surface area contributed by atoms with Crippen molar-refractivity contribution in [2.45, 2.75) is 83.5 Å². The van der Waals surface area contributed by atoms with Gasteiger partial charge in [0.25, 0.3) is 0 Å². The van der Waals surface area contributed by atoms with Gasteiger partial charge in [0.05, 0.1) is 25.9 Å². The molecule has 4 rings (SSSR count). The highest BCUT2D eigenvalue weighted by atomic mass is 19.2. The largest absolute Gasteiger partial charge is 0.491 e. The molecular formula is C26H38F2O4. The molecule has 4 nitrogen and oxygen atoms in total. The monoisotopic (exact) mass is 452 g/mol. The molecule has 1 aromatic carbocycles. The zero-order valence-electron chi connectivity index (χ0n) is 19.5. The maximum atomic E-state index is 14.6. The quantitative estimate of drug-likeness (QED) is 0.492. The molecule has 32 heavy (non-hydrogen) atoms. The second-order valence-corrected chi connectivity index (χ2v) is 9.72. The summed E-state index contributed by atoms with van der Waals surface area (Å²) in [5.41, 5.74) is 0.464. The summed E-state index contributed by atoms with van der Waals surface area (Å²) in [6.45, 7) is 6.55. The topological polar surface area (TPSA) is 36.9 Å². The van der Waals surface area contributed by atoms with Crippen LogP contribution in [0.5, 0.6) is 5.75 Å². The van der Waals surface area contributed by atoms with Crippen LogP contribution in [0.1, 0.15) is 76.7 Å². The average molecular weight is 453 g/mol. The Morgan fingerprint density at radius 2 is 1.59 bits per heavy atom. The second kappa shape index (κ2) is 11.3. The van der Waals surface area contributed by atoms with Crippen LogP contribution < -0.4 is 4.74 Å². The van der Waals surface area contributed by atoms with Gasteiger partial charge in [-0.3, -0.25) is 0 Å². The van der Waals surface area contributed by atoms with E-state index in [-0.39, 0.29) is 24.1 Å². The fourth-order valence-electron chi connectivity index (χ4n) is 5.69. The van der Waals surface area contributed by atoms with Gasteiger partial charge in [0.15, 0.2) is 17.9 Å². The third-order valence-corrected chi connectivity index (χ3v) is 7.55. The maximum Gasteiger partial charge on any atom is 0.200 e. The van der Waals surface area contributed by atoms with Gasteiger partial charge in [-0.25, -0.2) is 4.39 Å². The van der Waals surface area contributed by atoms with Gasteiger partial charge >= 0.3 is 0 Å². The Hall–Kier alpha value is -1.24. The van der Waals surface area contributed by atoms with Gasteiger partial charge in [0.2, 0.25) is 5.82 Å². The van der Waals surface area contributed by atoms with Gasteiger partial charge in [-0.2, -0.15) is 4.39 Å². The summed E-state index contributed by atoms with van der Waals surface area (Å²) in [6, 6.07) is 3.23. The Labute approximate surface area is 190 Å². The molecule has 3 aliphatic rings. The third-order valence-electron chi connectivity index (χ3n) is 7.55. The van der Waals surface area contributed by atoms with E-state index in [1.807, 2.05) is 0 Å². The summed E-state index contributed by atoms with van der Waals surface area (Å²) < 4.78 is 52.4. The predicted octanol–water partition coefficient (Wildman–Crippen LogP) is 6.22. The molecule has 0 N–H and O–H groups in total. The van der Waals surface area contributed by atoms with Crippen LogP contribution in [0.4, 0.5) is 8.78 Å². The fraction of sp³-hybridized carbons (Fsp3) is 0.769. The highest BCUT2D eigenvalue weighted by Gasteiger charge is 2.37. The van der Waals surface area contributed by atoms with E-state index >= 15 is 0 Å². The molecular weight excluding hydrogens is 414 g/mol. The van der Waals surface area contributed by atoms with E-state index in [0.717, 1.165) is 38.7 Å². The molecule has 180 valence electrons. The van der Waals surface area contributed by atoms with E-state index in [9.17, 15) is 8.78 Å². The fourth-order valence-corrected chi connectivity index (χ4v) is 5.69. The van der Waals surface area contributed by atoms with Crippen LogP contribution in [0, 0.1) is 29.4 Å². The molecule has 6 heteroatoms. The molecule has 0 aromatic heterocycles. The lowest BCUT2D eigenvalue weighted by molar-refractivity contribution is -0.246. The van der Waals surface area contributed by atoms with Gasteiger partial charge in [-0.1, -0.05) is 19.4 Å². The highest BCUT2D eigenvalue weighted by Crippen LogP contribution is 2.41. The number of rotatable bonds is 7. The van der Waals surface area contributed by atoms with Gasteiger partial charge in [0.1, 0.15) is 0 Å². The molecule has 2 aliphatic heterocycles. The van der Waals surface area contributed by atoms with Crippen molar-refractivity contribution in [2.75, 3.05) is 26.4 Å². The molecule has 2 unspecified atom stereocenters. The third kappa shape index (κ3) is 5.45. The summed E-state index contributed by atoms with van der Waals surface area (Å²) in [6.07, 6.45) is 8.29. The van der Waals surface area contributed by atoms with E-state index in [1.54, 1.807) is 19.1 Å². The molecule has 1 saturated carbocycles. The van der Waals surface area contributed by atoms with Crippen LogP contribution in [-0.4, -0.2) is 38.8 Å². The van der Waals surface area contributed by atoms with Crippen molar-refractivity contribution in [2.24, 2.45) is 17.8 Å². The smallest absolute Gasteiger partial charge is 0.200 e. The molecule has 2 atom stereocenters. The predicted molar refractivity (Wildman–Crippen MR) is 119 cm³/mol. The van der Waals surface area contributed by atoms with Crippen molar-refractivity contribution in [3.63, 3.8) is 0 Å². The van der Waals surface area contributed by atoms with Crippen molar-refractivity contribution in [1.82, 2.24) is 0 Å². The lowest BCUT2D eigenvalue weighted by atomic mass is 9.78. The number of halogens is 2. The van der Waals surface area contributed by atoms with Crippen molar-refractivity contribution < 1.29 is 27.7 Å². The summed E-state index contributed by atoms with van der Waals surface area (Å²) >= 11 is 0.